The highest BCUT2D eigenvalue weighted by Gasteiger charge is 2.17. The van der Waals surface area contributed by atoms with Crippen molar-refractivity contribution < 1.29 is 14.0 Å². The molecule has 0 bridgehead atoms. The molecule has 1 heterocycles. The minimum absolute atomic E-state index is 0.0451. The first kappa shape index (κ1) is 16.5. The zero-order chi connectivity index (χ0) is 17.3. The molecule has 24 heavy (non-hydrogen) atoms. The molecule has 0 atom stereocenters. The minimum atomic E-state index is -0.590. The fraction of sp³-hybridized carbons (Fsp3) is 0.118. The second kappa shape index (κ2) is 6.67. The Labute approximate surface area is 146 Å². The Kier molecular flexibility index (Phi) is 4.59. The number of ketones is 1. The van der Waals surface area contributed by atoms with Crippen LogP contribution in [0.1, 0.15) is 23.0 Å². The van der Waals surface area contributed by atoms with E-state index in [1.165, 1.54) is 24.5 Å². The number of Topliss-reactive ketones (excluding diaryl/α,β-unsaturated/α-hetero) is 1. The van der Waals surface area contributed by atoms with Gasteiger partial charge < -0.3 is 5.32 Å². The first-order chi connectivity index (χ1) is 11.5. The molecule has 0 unspecified atom stereocenters. The van der Waals surface area contributed by atoms with Gasteiger partial charge in [0.25, 0.3) is 5.91 Å². The van der Waals surface area contributed by atoms with Crippen LogP contribution < -0.4 is 5.32 Å². The van der Waals surface area contributed by atoms with Crippen LogP contribution in [0.25, 0.3) is 10.1 Å². The van der Waals surface area contributed by atoms with Gasteiger partial charge in [-0.3, -0.25) is 9.59 Å². The SMILES string of the molecule is CC(=O)Cc1cc(Cl)c(NC(=O)c2nsc3ccccc23)cc1F. The highest BCUT2D eigenvalue weighted by molar-refractivity contribution is 7.13. The van der Waals surface area contributed by atoms with Crippen molar-refractivity contribution in [1.82, 2.24) is 4.37 Å². The first-order valence-electron chi connectivity index (χ1n) is 7.09. The summed E-state index contributed by atoms with van der Waals surface area (Å²) >= 11 is 7.31. The monoisotopic (exact) mass is 362 g/mol. The molecule has 0 radical (unpaired) electrons. The molecule has 4 nitrogen and oxygen atoms in total. The third-order valence-electron chi connectivity index (χ3n) is 3.42. The van der Waals surface area contributed by atoms with Crippen molar-refractivity contribution in [1.29, 1.82) is 0 Å². The van der Waals surface area contributed by atoms with Gasteiger partial charge in [-0.25, -0.2) is 4.39 Å². The Bertz CT molecular complexity index is 955. The van der Waals surface area contributed by atoms with Crippen LogP contribution in [-0.2, 0) is 11.2 Å². The Morgan fingerprint density at radius 1 is 1.29 bits per heavy atom. The van der Waals surface area contributed by atoms with Crippen molar-refractivity contribution in [2.75, 3.05) is 5.32 Å². The van der Waals surface area contributed by atoms with E-state index in [1.807, 2.05) is 18.2 Å². The number of halogens is 2. The molecule has 3 rings (SSSR count). The summed E-state index contributed by atoms with van der Waals surface area (Å²) in [6.07, 6.45) is -0.0451. The minimum Gasteiger partial charge on any atom is -0.319 e. The predicted octanol–water partition coefficient (Wildman–Crippen LogP) is 4.47. The standard InChI is InChI=1S/C17H12ClFN2O2S/c1-9(22)6-10-7-12(18)14(8-13(10)19)20-17(23)16-11-4-2-3-5-15(11)24-21-16/h2-5,7-8H,6H2,1H3,(H,20,23). The second-order valence-electron chi connectivity index (χ2n) is 5.28. The van der Waals surface area contributed by atoms with Gasteiger partial charge in [0.15, 0.2) is 0 Å². The number of amides is 1. The maximum absolute atomic E-state index is 14.1. The van der Waals surface area contributed by atoms with Crippen LogP contribution in [0.5, 0.6) is 0 Å². The Balaban J connectivity index is 1.89. The number of hydrogen-bond donors (Lipinski definition) is 1. The van der Waals surface area contributed by atoms with Crippen LogP contribution >= 0.6 is 23.1 Å². The second-order valence-corrected chi connectivity index (χ2v) is 6.50. The molecule has 1 amide bonds. The van der Waals surface area contributed by atoms with E-state index in [1.54, 1.807) is 6.07 Å². The molecule has 0 aliphatic heterocycles. The molecule has 7 heteroatoms. The van der Waals surface area contributed by atoms with E-state index in [9.17, 15) is 14.0 Å². The van der Waals surface area contributed by atoms with Gasteiger partial charge in [-0.2, -0.15) is 4.37 Å². The number of benzene rings is 2. The third-order valence-corrected chi connectivity index (χ3v) is 4.56. The van der Waals surface area contributed by atoms with E-state index in [-0.39, 0.29) is 34.2 Å². The van der Waals surface area contributed by atoms with Crippen LogP contribution in [0.15, 0.2) is 36.4 Å². The number of carbonyl (C=O) groups excluding carboxylic acids is 2. The van der Waals surface area contributed by atoms with E-state index in [0.29, 0.717) is 0 Å². The smallest absolute Gasteiger partial charge is 0.276 e. The van der Waals surface area contributed by atoms with Crippen molar-refractivity contribution in [2.24, 2.45) is 0 Å². The zero-order valence-electron chi connectivity index (χ0n) is 12.6. The maximum Gasteiger partial charge on any atom is 0.276 e. The summed E-state index contributed by atoms with van der Waals surface area (Å²) in [5, 5.41) is 3.47. The largest absolute Gasteiger partial charge is 0.319 e. The third kappa shape index (κ3) is 3.29. The summed E-state index contributed by atoms with van der Waals surface area (Å²) in [5.74, 6) is -1.23. The molecule has 0 saturated heterocycles. The van der Waals surface area contributed by atoms with Gasteiger partial charge in [0.05, 0.1) is 15.4 Å². The van der Waals surface area contributed by atoms with Crippen molar-refractivity contribution in [3.8, 4) is 0 Å². The van der Waals surface area contributed by atoms with Crippen LogP contribution in [0.3, 0.4) is 0 Å². The van der Waals surface area contributed by atoms with E-state index >= 15 is 0 Å². The Morgan fingerprint density at radius 2 is 2.04 bits per heavy atom. The highest BCUT2D eigenvalue weighted by Crippen LogP contribution is 2.28. The normalized spacial score (nSPS) is 10.8. The number of carbonyl (C=O) groups is 2. The number of rotatable bonds is 4. The molecule has 122 valence electrons. The fourth-order valence-corrected chi connectivity index (χ4v) is 3.33. The molecule has 3 aromatic rings. The van der Waals surface area contributed by atoms with Gasteiger partial charge in [-0.15, -0.1) is 0 Å². The average molecular weight is 363 g/mol. The number of nitrogens with one attached hydrogen (secondary N) is 1. The number of nitrogens with zero attached hydrogens (tertiary/aromatic N) is 1. The quantitative estimate of drug-likeness (QED) is 0.744. The molecule has 0 aliphatic carbocycles. The van der Waals surface area contributed by atoms with Gasteiger partial charge in [0.2, 0.25) is 0 Å². The summed E-state index contributed by atoms with van der Waals surface area (Å²) in [7, 11) is 0. The lowest BCUT2D eigenvalue weighted by Crippen LogP contribution is -2.13. The van der Waals surface area contributed by atoms with Gasteiger partial charge >= 0.3 is 0 Å². The van der Waals surface area contributed by atoms with E-state index < -0.39 is 11.7 Å². The topological polar surface area (TPSA) is 59.1 Å². The molecular formula is C17H12ClFN2O2S. The lowest BCUT2D eigenvalue weighted by atomic mass is 10.1. The van der Waals surface area contributed by atoms with Crippen molar-refractivity contribution >= 4 is 50.6 Å². The van der Waals surface area contributed by atoms with Crippen molar-refractivity contribution in [3.63, 3.8) is 0 Å². The Hall–Kier alpha value is -2.31. The summed E-state index contributed by atoms with van der Waals surface area (Å²) in [6, 6.07) is 9.82. The lowest BCUT2D eigenvalue weighted by Gasteiger charge is -2.09. The first-order valence-corrected chi connectivity index (χ1v) is 8.24. The highest BCUT2D eigenvalue weighted by atomic mass is 35.5. The summed E-state index contributed by atoms with van der Waals surface area (Å²) in [6.45, 7) is 1.37. The van der Waals surface area contributed by atoms with Gasteiger partial charge in [0, 0.05) is 11.8 Å². The van der Waals surface area contributed by atoms with Gasteiger partial charge in [-0.1, -0.05) is 29.8 Å². The maximum atomic E-state index is 14.1. The van der Waals surface area contributed by atoms with Crippen molar-refractivity contribution in [2.45, 2.75) is 13.3 Å². The van der Waals surface area contributed by atoms with Crippen LogP contribution in [0.4, 0.5) is 10.1 Å². The Morgan fingerprint density at radius 3 is 2.79 bits per heavy atom. The molecular weight excluding hydrogens is 351 g/mol. The van der Waals surface area contributed by atoms with Crippen LogP contribution in [-0.4, -0.2) is 16.1 Å². The average Bonchev–Trinajstić information content (AvgIpc) is 2.95. The molecule has 0 fully saturated rings. The van der Waals surface area contributed by atoms with Gasteiger partial charge in [-0.05, 0) is 42.2 Å². The van der Waals surface area contributed by atoms with Crippen LogP contribution in [0, 0.1) is 5.82 Å². The van der Waals surface area contributed by atoms with Crippen molar-refractivity contribution in [3.05, 3.63) is 58.5 Å². The van der Waals surface area contributed by atoms with Crippen LogP contribution in [0.2, 0.25) is 5.02 Å². The predicted molar refractivity (Wildman–Crippen MR) is 93.4 cm³/mol. The summed E-state index contributed by atoms with van der Waals surface area (Å²) in [4.78, 5) is 23.5. The molecule has 1 aromatic heterocycles. The number of fused-ring (bicyclic) bond motifs is 1. The number of hydrogen-bond acceptors (Lipinski definition) is 4. The number of aromatic nitrogens is 1. The van der Waals surface area contributed by atoms with E-state index in [0.717, 1.165) is 16.2 Å². The summed E-state index contributed by atoms with van der Waals surface area (Å²) in [5.41, 5.74) is 0.605. The van der Waals surface area contributed by atoms with E-state index in [4.69, 9.17) is 11.6 Å². The lowest BCUT2D eigenvalue weighted by molar-refractivity contribution is -0.116. The number of anilines is 1. The van der Waals surface area contributed by atoms with Gasteiger partial charge in [0.1, 0.15) is 17.3 Å². The molecule has 1 N–H and O–H groups in total. The fourth-order valence-electron chi connectivity index (χ4n) is 2.32. The zero-order valence-corrected chi connectivity index (χ0v) is 14.2. The summed E-state index contributed by atoms with van der Waals surface area (Å²) < 4.78 is 19.1. The molecule has 0 saturated carbocycles. The molecule has 0 aliphatic rings. The van der Waals surface area contributed by atoms with E-state index in [2.05, 4.69) is 9.69 Å². The molecule has 0 spiro atoms. The molecule has 2 aromatic carbocycles.